The second-order valence-electron chi connectivity index (χ2n) is 5.26. The number of hydrogen-bond donors (Lipinski definition) is 2. The third-order valence-electron chi connectivity index (χ3n) is 3.81. The van der Waals surface area contributed by atoms with E-state index in [0.717, 1.165) is 5.82 Å². The number of nitrogen functional groups attached to an aromatic ring is 1. The van der Waals surface area contributed by atoms with Gasteiger partial charge in [0.05, 0.1) is 0 Å². The van der Waals surface area contributed by atoms with Crippen LogP contribution in [0.3, 0.4) is 0 Å². The Balaban J connectivity index is 1.81. The van der Waals surface area contributed by atoms with Gasteiger partial charge in [-0.1, -0.05) is 25.7 Å². The van der Waals surface area contributed by atoms with E-state index in [2.05, 4.69) is 20.3 Å². The molecule has 6 nitrogen and oxygen atoms in total. The first-order chi connectivity index (χ1) is 9.84. The maximum Gasteiger partial charge on any atom is 0.166 e. The monoisotopic (exact) mass is 272 g/mol. The normalized spacial score (nSPS) is 16.8. The average Bonchev–Trinajstić information content (AvgIpc) is 2.86. The SMILES string of the molecule is Nc1c(NC2CCCCCC2)ncnc1-n1ccnc1. The van der Waals surface area contributed by atoms with Crippen molar-refractivity contribution in [1.29, 1.82) is 0 Å². The largest absolute Gasteiger partial charge is 0.393 e. The zero-order chi connectivity index (χ0) is 13.8. The number of imidazole rings is 1. The highest BCUT2D eigenvalue weighted by molar-refractivity contribution is 5.69. The molecule has 0 spiro atoms. The molecule has 0 bridgehead atoms. The summed E-state index contributed by atoms with van der Waals surface area (Å²) in [5.74, 6) is 1.41. The highest BCUT2D eigenvalue weighted by Crippen LogP contribution is 2.25. The van der Waals surface area contributed by atoms with Crippen LogP contribution in [-0.4, -0.2) is 25.6 Å². The van der Waals surface area contributed by atoms with Gasteiger partial charge >= 0.3 is 0 Å². The molecule has 2 aromatic rings. The Labute approximate surface area is 118 Å². The first-order valence-corrected chi connectivity index (χ1v) is 7.20. The Bertz CT molecular complexity index is 543. The van der Waals surface area contributed by atoms with Crippen LogP contribution in [0.15, 0.2) is 25.0 Å². The third-order valence-corrected chi connectivity index (χ3v) is 3.81. The van der Waals surface area contributed by atoms with Gasteiger partial charge in [0.1, 0.15) is 18.3 Å². The molecule has 0 atom stereocenters. The van der Waals surface area contributed by atoms with E-state index in [-0.39, 0.29) is 0 Å². The van der Waals surface area contributed by atoms with Crippen molar-refractivity contribution >= 4 is 11.5 Å². The second-order valence-corrected chi connectivity index (χ2v) is 5.26. The lowest BCUT2D eigenvalue weighted by atomic mass is 10.1. The van der Waals surface area contributed by atoms with Gasteiger partial charge in [0, 0.05) is 18.4 Å². The molecule has 1 aliphatic carbocycles. The van der Waals surface area contributed by atoms with Crippen molar-refractivity contribution in [3.63, 3.8) is 0 Å². The lowest BCUT2D eigenvalue weighted by Gasteiger charge is -2.18. The van der Waals surface area contributed by atoms with Crippen molar-refractivity contribution in [2.24, 2.45) is 0 Å². The Morgan fingerprint density at radius 1 is 1.15 bits per heavy atom. The average molecular weight is 272 g/mol. The van der Waals surface area contributed by atoms with Crippen LogP contribution in [0, 0.1) is 0 Å². The predicted octanol–water partition coefficient (Wildman–Crippen LogP) is 2.38. The van der Waals surface area contributed by atoms with E-state index < -0.39 is 0 Å². The molecule has 0 aromatic carbocycles. The van der Waals surface area contributed by atoms with Gasteiger partial charge < -0.3 is 11.1 Å². The molecule has 106 valence electrons. The van der Waals surface area contributed by atoms with Crippen molar-refractivity contribution in [1.82, 2.24) is 19.5 Å². The van der Waals surface area contributed by atoms with Gasteiger partial charge in [-0.05, 0) is 12.8 Å². The molecule has 6 heteroatoms. The van der Waals surface area contributed by atoms with Crippen LogP contribution in [-0.2, 0) is 0 Å². The Morgan fingerprint density at radius 3 is 2.65 bits per heavy atom. The Morgan fingerprint density at radius 2 is 1.95 bits per heavy atom. The van der Waals surface area contributed by atoms with Gasteiger partial charge in [-0.15, -0.1) is 0 Å². The van der Waals surface area contributed by atoms with E-state index in [4.69, 9.17) is 5.73 Å². The summed E-state index contributed by atoms with van der Waals surface area (Å²) in [6.45, 7) is 0. The van der Waals surface area contributed by atoms with Gasteiger partial charge in [-0.3, -0.25) is 4.57 Å². The summed E-state index contributed by atoms with van der Waals surface area (Å²) in [4.78, 5) is 12.6. The second kappa shape index (κ2) is 5.90. The third kappa shape index (κ3) is 2.74. The van der Waals surface area contributed by atoms with E-state index in [1.807, 2.05) is 6.20 Å². The molecule has 2 aromatic heterocycles. The fourth-order valence-electron chi connectivity index (χ4n) is 2.71. The number of anilines is 2. The van der Waals surface area contributed by atoms with Gasteiger partial charge in [-0.2, -0.15) is 0 Å². The molecule has 0 aliphatic heterocycles. The zero-order valence-corrected chi connectivity index (χ0v) is 11.5. The van der Waals surface area contributed by atoms with Gasteiger partial charge in [0.2, 0.25) is 0 Å². The molecule has 20 heavy (non-hydrogen) atoms. The standard InChI is InChI=1S/C14H20N6/c15-12-13(19-11-5-3-1-2-4-6-11)17-9-18-14(12)20-8-7-16-10-20/h7-11H,1-6,15H2,(H,17,18,19). The van der Waals surface area contributed by atoms with Crippen molar-refractivity contribution in [2.45, 2.75) is 44.6 Å². The van der Waals surface area contributed by atoms with E-state index in [9.17, 15) is 0 Å². The molecule has 1 fully saturated rings. The topological polar surface area (TPSA) is 81.6 Å². The summed E-state index contributed by atoms with van der Waals surface area (Å²) in [5, 5.41) is 3.48. The molecule has 0 radical (unpaired) electrons. The van der Waals surface area contributed by atoms with Crippen LogP contribution >= 0.6 is 0 Å². The fraction of sp³-hybridized carbons (Fsp3) is 0.500. The summed E-state index contributed by atoms with van der Waals surface area (Å²) < 4.78 is 1.80. The van der Waals surface area contributed by atoms with Crippen molar-refractivity contribution in [3.8, 4) is 5.82 Å². The van der Waals surface area contributed by atoms with Crippen molar-refractivity contribution in [3.05, 3.63) is 25.0 Å². The van der Waals surface area contributed by atoms with Crippen LogP contribution in [0.5, 0.6) is 0 Å². The molecular formula is C14H20N6. The smallest absolute Gasteiger partial charge is 0.166 e. The van der Waals surface area contributed by atoms with E-state index in [1.165, 1.54) is 38.5 Å². The number of aromatic nitrogens is 4. The molecule has 1 saturated carbocycles. The minimum absolute atomic E-state index is 0.463. The Kier molecular flexibility index (Phi) is 3.80. The summed E-state index contributed by atoms with van der Waals surface area (Å²) in [6.07, 6.45) is 14.4. The highest BCUT2D eigenvalue weighted by Gasteiger charge is 2.16. The van der Waals surface area contributed by atoms with Gasteiger partial charge in [0.15, 0.2) is 11.6 Å². The minimum atomic E-state index is 0.463. The van der Waals surface area contributed by atoms with E-state index >= 15 is 0 Å². The molecule has 3 rings (SSSR count). The summed E-state index contributed by atoms with van der Waals surface area (Å²) in [7, 11) is 0. The Hall–Kier alpha value is -2.11. The molecule has 1 aliphatic rings. The molecule has 3 N–H and O–H groups in total. The maximum absolute atomic E-state index is 6.19. The number of rotatable bonds is 3. The first kappa shape index (κ1) is 12.9. The minimum Gasteiger partial charge on any atom is -0.393 e. The van der Waals surface area contributed by atoms with E-state index in [0.29, 0.717) is 17.5 Å². The number of nitrogens with one attached hydrogen (secondary N) is 1. The van der Waals surface area contributed by atoms with Crippen LogP contribution in [0.4, 0.5) is 11.5 Å². The summed E-state index contributed by atoms with van der Waals surface area (Å²) in [5.41, 5.74) is 6.77. The van der Waals surface area contributed by atoms with Crippen LogP contribution < -0.4 is 11.1 Å². The molecular weight excluding hydrogens is 252 g/mol. The van der Waals surface area contributed by atoms with E-state index in [1.54, 1.807) is 23.4 Å². The first-order valence-electron chi connectivity index (χ1n) is 7.20. The lowest BCUT2D eigenvalue weighted by molar-refractivity contribution is 0.617. The van der Waals surface area contributed by atoms with Gasteiger partial charge in [-0.25, -0.2) is 15.0 Å². The summed E-state index contributed by atoms with van der Waals surface area (Å²) in [6, 6.07) is 0.463. The lowest BCUT2D eigenvalue weighted by Crippen LogP contribution is -2.20. The molecule has 0 saturated heterocycles. The quantitative estimate of drug-likeness (QED) is 0.838. The van der Waals surface area contributed by atoms with Crippen LogP contribution in [0.2, 0.25) is 0 Å². The summed E-state index contributed by atoms with van der Waals surface area (Å²) >= 11 is 0. The molecule has 0 unspecified atom stereocenters. The molecule has 2 heterocycles. The van der Waals surface area contributed by atoms with Crippen LogP contribution in [0.1, 0.15) is 38.5 Å². The van der Waals surface area contributed by atoms with Crippen LogP contribution in [0.25, 0.3) is 5.82 Å². The fourth-order valence-corrected chi connectivity index (χ4v) is 2.71. The number of hydrogen-bond acceptors (Lipinski definition) is 5. The highest BCUT2D eigenvalue weighted by atomic mass is 15.1. The van der Waals surface area contributed by atoms with Crippen molar-refractivity contribution in [2.75, 3.05) is 11.1 Å². The predicted molar refractivity (Wildman–Crippen MR) is 78.7 cm³/mol. The zero-order valence-electron chi connectivity index (χ0n) is 11.5. The maximum atomic E-state index is 6.19. The van der Waals surface area contributed by atoms with Crippen molar-refractivity contribution < 1.29 is 0 Å². The molecule has 0 amide bonds. The number of nitrogens with zero attached hydrogens (tertiary/aromatic N) is 4. The van der Waals surface area contributed by atoms with Gasteiger partial charge in [0.25, 0.3) is 0 Å². The number of nitrogens with two attached hydrogens (primary N) is 1.